The first kappa shape index (κ1) is 20.2. The lowest BCUT2D eigenvalue weighted by Crippen LogP contribution is -2.19. The van der Waals surface area contributed by atoms with Crippen LogP contribution in [0, 0.1) is 13.8 Å². The largest absolute Gasteiger partial charge is 0.495 e. The zero-order chi connectivity index (χ0) is 21.8. The maximum atomic E-state index is 12.3. The third-order valence-corrected chi connectivity index (χ3v) is 4.92. The van der Waals surface area contributed by atoms with Crippen molar-refractivity contribution in [1.29, 1.82) is 0 Å². The fourth-order valence-corrected chi connectivity index (χ4v) is 3.27. The molecule has 2 amide bonds. The van der Waals surface area contributed by atoms with Gasteiger partial charge in [-0.2, -0.15) is 0 Å². The smallest absolute Gasteiger partial charge is 0.323 e. The van der Waals surface area contributed by atoms with Gasteiger partial charge < -0.3 is 19.8 Å². The predicted molar refractivity (Wildman–Crippen MR) is 122 cm³/mol. The molecule has 6 heteroatoms. The molecule has 0 bridgehead atoms. The van der Waals surface area contributed by atoms with Crippen molar-refractivity contribution >= 4 is 17.4 Å². The molecule has 31 heavy (non-hydrogen) atoms. The average molecular weight is 413 g/mol. The molecule has 0 aliphatic carbocycles. The topological polar surface area (TPSA) is 76.4 Å². The summed E-state index contributed by atoms with van der Waals surface area (Å²) in [7, 11) is 1.56. The van der Waals surface area contributed by atoms with Crippen molar-refractivity contribution in [1.82, 2.24) is 4.98 Å². The van der Waals surface area contributed by atoms with Crippen LogP contribution in [0.25, 0.3) is 22.7 Å². The van der Waals surface area contributed by atoms with Crippen LogP contribution in [0.2, 0.25) is 0 Å². The molecule has 6 nitrogen and oxygen atoms in total. The molecule has 0 aliphatic heterocycles. The Morgan fingerprint density at radius 1 is 0.968 bits per heavy atom. The first-order chi connectivity index (χ1) is 15.0. The van der Waals surface area contributed by atoms with Crippen LogP contribution in [-0.4, -0.2) is 18.1 Å². The molecule has 0 saturated carbocycles. The number of hydrogen-bond acceptors (Lipinski definition) is 4. The van der Waals surface area contributed by atoms with Gasteiger partial charge >= 0.3 is 6.03 Å². The van der Waals surface area contributed by atoms with E-state index < -0.39 is 0 Å². The van der Waals surface area contributed by atoms with Crippen LogP contribution in [0.1, 0.15) is 11.1 Å². The number of hydrogen-bond donors (Lipinski definition) is 2. The second-order valence-corrected chi connectivity index (χ2v) is 7.21. The lowest BCUT2D eigenvalue weighted by molar-refractivity contribution is 0.262. The van der Waals surface area contributed by atoms with Gasteiger partial charge in [0, 0.05) is 16.8 Å². The normalized spacial score (nSPS) is 10.5. The number of rotatable bonds is 5. The molecule has 1 heterocycles. The number of methoxy groups -OCH3 is 1. The zero-order valence-electron chi connectivity index (χ0n) is 17.6. The van der Waals surface area contributed by atoms with Crippen LogP contribution in [0.4, 0.5) is 16.2 Å². The van der Waals surface area contributed by atoms with Crippen LogP contribution in [-0.2, 0) is 0 Å². The summed E-state index contributed by atoms with van der Waals surface area (Å²) in [5.74, 6) is 1.12. The molecular formula is C25H23N3O3. The van der Waals surface area contributed by atoms with Gasteiger partial charge in [-0.05, 0) is 61.9 Å². The van der Waals surface area contributed by atoms with E-state index in [1.165, 1.54) is 5.56 Å². The van der Waals surface area contributed by atoms with Crippen molar-refractivity contribution in [2.24, 2.45) is 0 Å². The standard InChI is InChI=1S/C25H23N3O3/c1-16-8-9-17(2)20(14-16)22-15-31-24(27-22)18-10-12-19(13-11-18)26-25(29)28-21-6-4-5-7-23(21)30-3/h4-15H,1-3H3,(H2,26,28,29). The number of oxazole rings is 1. The van der Waals surface area contributed by atoms with Crippen molar-refractivity contribution in [3.05, 3.63) is 84.1 Å². The van der Waals surface area contributed by atoms with Crippen LogP contribution >= 0.6 is 0 Å². The lowest BCUT2D eigenvalue weighted by Gasteiger charge is -2.11. The summed E-state index contributed by atoms with van der Waals surface area (Å²) in [5.41, 5.74) is 6.25. The summed E-state index contributed by atoms with van der Waals surface area (Å²) >= 11 is 0. The van der Waals surface area contributed by atoms with Gasteiger partial charge in [0.05, 0.1) is 12.8 Å². The Bertz CT molecular complexity index is 1210. The Morgan fingerprint density at radius 2 is 1.74 bits per heavy atom. The van der Waals surface area contributed by atoms with E-state index in [0.717, 1.165) is 22.4 Å². The first-order valence-corrected chi connectivity index (χ1v) is 9.88. The van der Waals surface area contributed by atoms with Gasteiger partial charge in [-0.25, -0.2) is 9.78 Å². The Balaban J connectivity index is 1.46. The summed E-state index contributed by atoms with van der Waals surface area (Å²) in [6.45, 7) is 4.11. The van der Waals surface area contributed by atoms with Crippen molar-refractivity contribution in [3.8, 4) is 28.5 Å². The maximum Gasteiger partial charge on any atom is 0.323 e. The number of nitrogens with one attached hydrogen (secondary N) is 2. The Hall–Kier alpha value is -4.06. The zero-order valence-corrected chi connectivity index (χ0v) is 17.6. The number of para-hydroxylation sites is 2. The van der Waals surface area contributed by atoms with E-state index in [2.05, 4.69) is 47.7 Å². The van der Waals surface area contributed by atoms with Gasteiger partial charge in [0.1, 0.15) is 17.7 Å². The van der Waals surface area contributed by atoms with E-state index >= 15 is 0 Å². The van der Waals surface area contributed by atoms with Crippen molar-refractivity contribution in [2.75, 3.05) is 17.7 Å². The number of benzene rings is 3. The monoisotopic (exact) mass is 413 g/mol. The van der Waals surface area contributed by atoms with E-state index in [9.17, 15) is 4.79 Å². The second kappa shape index (κ2) is 8.75. The van der Waals surface area contributed by atoms with Gasteiger partial charge in [0.25, 0.3) is 0 Å². The number of urea groups is 1. The second-order valence-electron chi connectivity index (χ2n) is 7.21. The number of carbonyl (C=O) groups excluding carboxylic acids is 1. The fourth-order valence-electron chi connectivity index (χ4n) is 3.27. The summed E-state index contributed by atoms with van der Waals surface area (Å²) in [6.07, 6.45) is 1.67. The first-order valence-electron chi connectivity index (χ1n) is 9.88. The highest BCUT2D eigenvalue weighted by atomic mass is 16.5. The van der Waals surface area contributed by atoms with Crippen molar-refractivity contribution in [3.63, 3.8) is 0 Å². The van der Waals surface area contributed by atoms with Gasteiger partial charge in [-0.3, -0.25) is 0 Å². The SMILES string of the molecule is COc1ccccc1NC(=O)Nc1ccc(-c2nc(-c3cc(C)ccc3C)co2)cc1. The minimum absolute atomic E-state index is 0.356. The van der Waals surface area contributed by atoms with Gasteiger partial charge in [0.2, 0.25) is 5.89 Å². The Morgan fingerprint density at radius 3 is 2.52 bits per heavy atom. The Labute approximate surface area is 180 Å². The maximum absolute atomic E-state index is 12.3. The summed E-state index contributed by atoms with van der Waals surface area (Å²) < 4.78 is 10.9. The molecule has 0 fully saturated rings. The number of carbonyl (C=O) groups is 1. The van der Waals surface area contributed by atoms with E-state index in [1.54, 1.807) is 37.6 Å². The third-order valence-electron chi connectivity index (χ3n) is 4.92. The molecule has 0 saturated heterocycles. The van der Waals surface area contributed by atoms with Crippen LogP contribution < -0.4 is 15.4 Å². The highest BCUT2D eigenvalue weighted by molar-refractivity contribution is 6.00. The molecule has 0 spiro atoms. The molecule has 4 rings (SSSR count). The molecule has 3 aromatic carbocycles. The van der Waals surface area contributed by atoms with E-state index in [4.69, 9.17) is 9.15 Å². The summed E-state index contributed by atoms with van der Waals surface area (Å²) in [4.78, 5) is 17.0. The van der Waals surface area contributed by atoms with Crippen LogP contribution in [0.5, 0.6) is 5.75 Å². The molecule has 0 aliphatic rings. The number of ether oxygens (including phenoxy) is 1. The highest BCUT2D eigenvalue weighted by Crippen LogP contribution is 2.28. The van der Waals surface area contributed by atoms with Gasteiger partial charge in [0.15, 0.2) is 0 Å². The minimum atomic E-state index is -0.356. The van der Waals surface area contributed by atoms with Crippen molar-refractivity contribution < 1.29 is 13.9 Å². The molecule has 156 valence electrons. The number of anilines is 2. The van der Waals surface area contributed by atoms with Crippen LogP contribution in [0.3, 0.4) is 0 Å². The van der Waals surface area contributed by atoms with Crippen molar-refractivity contribution in [2.45, 2.75) is 13.8 Å². The number of amides is 2. The molecule has 0 unspecified atom stereocenters. The molecule has 2 N–H and O–H groups in total. The molecule has 4 aromatic rings. The molecule has 1 aromatic heterocycles. The molecule has 0 radical (unpaired) electrons. The Kier molecular flexibility index (Phi) is 5.71. The third kappa shape index (κ3) is 4.59. The predicted octanol–water partition coefficient (Wildman–Crippen LogP) is 6.28. The summed E-state index contributed by atoms with van der Waals surface area (Å²) in [6, 6.07) is 20.5. The summed E-state index contributed by atoms with van der Waals surface area (Å²) in [5, 5.41) is 5.59. The highest BCUT2D eigenvalue weighted by Gasteiger charge is 2.12. The average Bonchev–Trinajstić information content (AvgIpc) is 3.26. The van der Waals surface area contributed by atoms with E-state index in [-0.39, 0.29) is 6.03 Å². The fraction of sp³-hybridized carbons (Fsp3) is 0.120. The van der Waals surface area contributed by atoms with E-state index in [0.29, 0.717) is 23.0 Å². The number of aromatic nitrogens is 1. The quantitative estimate of drug-likeness (QED) is 0.404. The van der Waals surface area contributed by atoms with Crippen LogP contribution in [0.15, 0.2) is 77.4 Å². The van der Waals surface area contributed by atoms with E-state index in [1.807, 2.05) is 24.3 Å². The number of aryl methyl sites for hydroxylation is 2. The van der Waals surface area contributed by atoms with Gasteiger partial charge in [-0.1, -0.05) is 29.8 Å². The molecule has 0 atom stereocenters. The lowest BCUT2D eigenvalue weighted by atomic mass is 10.0. The van der Waals surface area contributed by atoms with Gasteiger partial charge in [-0.15, -0.1) is 0 Å². The molecular weight excluding hydrogens is 390 g/mol. The minimum Gasteiger partial charge on any atom is -0.495 e. The number of nitrogens with zero attached hydrogens (tertiary/aromatic N) is 1.